The Balaban J connectivity index is 1.67. The molecule has 2 aromatic carbocycles. The fourth-order valence-corrected chi connectivity index (χ4v) is 5.95. The predicted molar refractivity (Wildman–Crippen MR) is 117 cm³/mol. The average Bonchev–Trinajstić information content (AvgIpc) is 3.16. The van der Waals surface area contributed by atoms with Crippen LogP contribution in [0.5, 0.6) is 11.5 Å². The molecule has 2 amide bonds. The molecule has 3 atom stereocenters. The number of methoxy groups -OCH3 is 2. The van der Waals surface area contributed by atoms with Crippen LogP contribution in [0.15, 0.2) is 42.5 Å². The van der Waals surface area contributed by atoms with Crippen LogP contribution in [-0.2, 0) is 4.79 Å². The van der Waals surface area contributed by atoms with E-state index in [4.69, 9.17) is 9.47 Å². The lowest BCUT2D eigenvalue weighted by Crippen LogP contribution is -2.52. The molecule has 1 fully saturated rings. The number of fused-ring (bicyclic) bond motifs is 3. The minimum Gasteiger partial charge on any atom is -0.493 e. The van der Waals surface area contributed by atoms with Crippen LogP contribution in [0.2, 0.25) is 0 Å². The monoisotopic (exact) mass is 426 g/mol. The van der Waals surface area contributed by atoms with Crippen LogP contribution < -0.4 is 14.8 Å². The molecule has 0 aromatic heterocycles. The second-order valence-electron chi connectivity index (χ2n) is 8.09. The lowest BCUT2D eigenvalue weighted by molar-refractivity contribution is -0.126. The molecule has 1 saturated heterocycles. The maximum absolute atomic E-state index is 13.5. The van der Waals surface area contributed by atoms with E-state index in [2.05, 4.69) is 5.32 Å². The van der Waals surface area contributed by atoms with Gasteiger partial charge in [0.15, 0.2) is 11.5 Å². The van der Waals surface area contributed by atoms with E-state index in [9.17, 15) is 9.59 Å². The third-order valence-electron chi connectivity index (χ3n) is 5.80. The number of benzene rings is 2. The zero-order valence-electron chi connectivity index (χ0n) is 17.8. The van der Waals surface area contributed by atoms with Crippen LogP contribution in [-0.4, -0.2) is 41.7 Å². The Kier molecular flexibility index (Phi) is 5.18. The van der Waals surface area contributed by atoms with Gasteiger partial charge in [-0.1, -0.05) is 36.4 Å². The molecule has 0 aliphatic carbocycles. The molecule has 0 spiro atoms. The second-order valence-corrected chi connectivity index (χ2v) is 9.83. The maximum atomic E-state index is 13.5. The molecule has 7 heteroatoms. The molecule has 6 nitrogen and oxygen atoms in total. The number of rotatable bonds is 5. The number of amides is 2. The van der Waals surface area contributed by atoms with E-state index >= 15 is 0 Å². The molecular formula is C23H26N2O4S. The Labute approximate surface area is 180 Å². The van der Waals surface area contributed by atoms with Gasteiger partial charge in [0, 0.05) is 10.3 Å². The zero-order chi connectivity index (χ0) is 21.6. The molecule has 2 aromatic rings. The van der Waals surface area contributed by atoms with Crippen molar-refractivity contribution in [2.24, 2.45) is 0 Å². The van der Waals surface area contributed by atoms with E-state index in [1.54, 1.807) is 23.8 Å². The van der Waals surface area contributed by atoms with Crippen molar-refractivity contribution in [1.82, 2.24) is 10.2 Å². The quantitative estimate of drug-likeness (QED) is 0.785. The van der Waals surface area contributed by atoms with Crippen molar-refractivity contribution in [1.29, 1.82) is 0 Å². The first-order valence-electron chi connectivity index (χ1n) is 9.90. The minimum absolute atomic E-state index is 0.154. The number of carbonyl (C=O) groups is 2. The Morgan fingerprint density at radius 1 is 1.13 bits per heavy atom. The number of nitrogens with zero attached hydrogens (tertiary/aromatic N) is 1. The predicted octanol–water partition coefficient (Wildman–Crippen LogP) is 3.93. The summed E-state index contributed by atoms with van der Waals surface area (Å²) in [6, 6.07) is 12.8. The lowest BCUT2D eigenvalue weighted by Gasteiger charge is -2.30. The van der Waals surface area contributed by atoms with Gasteiger partial charge in [-0.05, 0) is 32.4 Å². The fraction of sp³-hybridized carbons (Fsp3) is 0.391. The van der Waals surface area contributed by atoms with Crippen molar-refractivity contribution in [2.45, 2.75) is 43.0 Å². The van der Waals surface area contributed by atoms with Gasteiger partial charge in [-0.2, -0.15) is 0 Å². The molecule has 4 rings (SSSR count). The highest BCUT2D eigenvalue weighted by Gasteiger charge is 2.58. The molecule has 30 heavy (non-hydrogen) atoms. The van der Waals surface area contributed by atoms with E-state index in [-0.39, 0.29) is 23.2 Å². The van der Waals surface area contributed by atoms with Crippen LogP contribution in [0, 0.1) is 0 Å². The Morgan fingerprint density at radius 3 is 2.47 bits per heavy atom. The highest BCUT2D eigenvalue weighted by molar-refractivity contribution is 8.01. The molecule has 0 saturated carbocycles. The van der Waals surface area contributed by atoms with Crippen molar-refractivity contribution in [3.8, 4) is 11.5 Å². The van der Waals surface area contributed by atoms with Crippen LogP contribution in [0.1, 0.15) is 53.7 Å². The molecule has 158 valence electrons. The second kappa shape index (κ2) is 7.54. The summed E-state index contributed by atoms with van der Waals surface area (Å²) in [6.45, 7) is 5.98. The number of hydrogen-bond donors (Lipinski definition) is 1. The molecular weight excluding hydrogens is 400 g/mol. The van der Waals surface area contributed by atoms with Crippen LogP contribution in [0.3, 0.4) is 0 Å². The van der Waals surface area contributed by atoms with Crippen molar-refractivity contribution in [3.05, 3.63) is 59.2 Å². The summed E-state index contributed by atoms with van der Waals surface area (Å²) in [5.74, 6) is 0.577. The largest absolute Gasteiger partial charge is 0.493 e. The number of carbonyl (C=O) groups excluding carboxylic acids is 2. The van der Waals surface area contributed by atoms with Gasteiger partial charge in [-0.15, -0.1) is 11.8 Å². The Hall–Kier alpha value is -2.67. The lowest BCUT2D eigenvalue weighted by atomic mass is 9.99. The van der Waals surface area contributed by atoms with E-state index in [1.165, 1.54) is 7.11 Å². The fourth-order valence-electron chi connectivity index (χ4n) is 4.37. The molecule has 2 aliphatic heterocycles. The van der Waals surface area contributed by atoms with E-state index < -0.39 is 10.8 Å². The SMILES string of the molecule is COc1ccc2c(c1OC)C(=O)N1C2SC(C)(C)C1C(=O)NC(C)c1ccccc1. The standard InChI is InChI=1S/C23H26N2O4S/c1-13(14-9-7-6-8-10-14)24-20(26)19-23(2,3)30-22-15-11-12-16(28-4)18(29-5)17(15)21(27)25(19)22/h6-13,19,22H,1-5H3,(H,24,26). The smallest absolute Gasteiger partial charge is 0.260 e. The van der Waals surface area contributed by atoms with Crippen molar-refractivity contribution in [3.63, 3.8) is 0 Å². The summed E-state index contributed by atoms with van der Waals surface area (Å²) in [5.41, 5.74) is 2.37. The molecule has 2 heterocycles. The van der Waals surface area contributed by atoms with Gasteiger partial charge in [0.2, 0.25) is 5.91 Å². The first-order chi connectivity index (χ1) is 14.3. The van der Waals surface area contributed by atoms with E-state index in [1.807, 2.05) is 63.2 Å². The maximum Gasteiger partial charge on any atom is 0.260 e. The molecule has 3 unspecified atom stereocenters. The Morgan fingerprint density at radius 2 is 1.83 bits per heavy atom. The van der Waals surface area contributed by atoms with Crippen LogP contribution in [0.25, 0.3) is 0 Å². The number of nitrogens with one attached hydrogen (secondary N) is 1. The summed E-state index contributed by atoms with van der Waals surface area (Å²) in [7, 11) is 3.07. The zero-order valence-corrected chi connectivity index (χ0v) is 18.6. The highest BCUT2D eigenvalue weighted by atomic mass is 32.2. The first kappa shape index (κ1) is 20.6. The van der Waals surface area contributed by atoms with Gasteiger partial charge in [-0.3, -0.25) is 9.59 Å². The van der Waals surface area contributed by atoms with Crippen LogP contribution >= 0.6 is 11.8 Å². The van der Waals surface area contributed by atoms with E-state index in [0.29, 0.717) is 17.1 Å². The minimum atomic E-state index is -0.603. The average molecular weight is 427 g/mol. The van der Waals surface area contributed by atoms with Gasteiger partial charge in [0.1, 0.15) is 11.4 Å². The van der Waals surface area contributed by atoms with Gasteiger partial charge in [0.05, 0.1) is 25.8 Å². The van der Waals surface area contributed by atoms with Crippen molar-refractivity contribution in [2.75, 3.05) is 14.2 Å². The van der Waals surface area contributed by atoms with Gasteiger partial charge in [0.25, 0.3) is 5.91 Å². The number of thioether (sulfide) groups is 1. The highest BCUT2D eigenvalue weighted by Crippen LogP contribution is 2.58. The van der Waals surface area contributed by atoms with Gasteiger partial charge < -0.3 is 19.7 Å². The summed E-state index contributed by atoms with van der Waals surface area (Å²) in [4.78, 5) is 28.6. The Bertz CT molecular complexity index is 992. The topological polar surface area (TPSA) is 67.9 Å². The molecule has 2 aliphatic rings. The van der Waals surface area contributed by atoms with Gasteiger partial charge >= 0.3 is 0 Å². The third-order valence-corrected chi connectivity index (χ3v) is 7.34. The van der Waals surface area contributed by atoms with E-state index in [0.717, 1.165) is 11.1 Å². The molecule has 0 bridgehead atoms. The van der Waals surface area contributed by atoms with Crippen molar-refractivity contribution >= 4 is 23.6 Å². The van der Waals surface area contributed by atoms with Gasteiger partial charge in [-0.25, -0.2) is 0 Å². The van der Waals surface area contributed by atoms with Crippen LogP contribution in [0.4, 0.5) is 0 Å². The van der Waals surface area contributed by atoms with Crippen molar-refractivity contribution < 1.29 is 19.1 Å². The summed E-state index contributed by atoms with van der Waals surface area (Å²) >= 11 is 1.62. The third kappa shape index (κ3) is 3.12. The summed E-state index contributed by atoms with van der Waals surface area (Å²) in [6.07, 6.45) is 0. The first-order valence-corrected chi connectivity index (χ1v) is 10.8. The normalized spacial score (nSPS) is 22.3. The number of ether oxygens (including phenoxy) is 2. The summed E-state index contributed by atoms with van der Waals surface area (Å²) < 4.78 is 10.4. The molecule has 1 N–H and O–H groups in total. The number of hydrogen-bond acceptors (Lipinski definition) is 5. The molecule has 0 radical (unpaired) electrons. The summed E-state index contributed by atoms with van der Waals surface area (Å²) in [5, 5.41) is 2.87.